The molecule has 1 heterocycles. The lowest BCUT2D eigenvalue weighted by atomic mass is 9.99. The number of nitrogens with one attached hydrogen (secondary N) is 1. The van der Waals surface area contributed by atoms with E-state index in [4.69, 9.17) is 0 Å². The number of rotatable bonds is 4. The molecular formula is C22H28N2O. The first kappa shape index (κ1) is 17.5. The van der Waals surface area contributed by atoms with Gasteiger partial charge >= 0.3 is 0 Å². The standard InChI is InChI=1S/C22H28N2O/c1-16-5-4-12-24(15-16)21-10-7-19(8-11-21)14-23-22(25)20-9-6-17(2)18(3)13-20/h6-11,13,16H,4-5,12,14-15H2,1-3H3,(H,23,25)/t16-/m1/s1. The molecule has 2 aromatic rings. The van der Waals surface area contributed by atoms with E-state index in [1.54, 1.807) is 0 Å². The van der Waals surface area contributed by atoms with E-state index in [1.807, 2.05) is 25.1 Å². The Hall–Kier alpha value is -2.29. The second-order valence-electron chi connectivity index (χ2n) is 7.34. The quantitative estimate of drug-likeness (QED) is 0.893. The van der Waals surface area contributed by atoms with Crippen molar-refractivity contribution in [2.45, 2.75) is 40.2 Å². The fourth-order valence-corrected chi connectivity index (χ4v) is 3.42. The summed E-state index contributed by atoms with van der Waals surface area (Å²) in [5, 5.41) is 3.02. The van der Waals surface area contributed by atoms with E-state index in [-0.39, 0.29) is 5.91 Å². The van der Waals surface area contributed by atoms with E-state index < -0.39 is 0 Å². The summed E-state index contributed by atoms with van der Waals surface area (Å²) in [7, 11) is 0. The first-order chi connectivity index (χ1) is 12.0. The summed E-state index contributed by atoms with van der Waals surface area (Å²) in [6.45, 7) is 9.26. The van der Waals surface area contributed by atoms with Crippen LogP contribution in [0, 0.1) is 19.8 Å². The molecule has 1 aliphatic rings. The first-order valence-corrected chi connectivity index (χ1v) is 9.22. The average Bonchev–Trinajstić information content (AvgIpc) is 2.62. The average molecular weight is 336 g/mol. The van der Waals surface area contributed by atoms with Crippen LogP contribution in [0.2, 0.25) is 0 Å². The zero-order valence-electron chi connectivity index (χ0n) is 15.5. The monoisotopic (exact) mass is 336 g/mol. The Morgan fingerprint density at radius 1 is 1.12 bits per heavy atom. The maximum atomic E-state index is 12.3. The van der Waals surface area contributed by atoms with Crippen LogP contribution in [0.4, 0.5) is 5.69 Å². The molecule has 0 spiro atoms. The molecule has 0 unspecified atom stereocenters. The molecule has 0 aliphatic carbocycles. The molecule has 3 nitrogen and oxygen atoms in total. The van der Waals surface area contributed by atoms with Crippen LogP contribution in [-0.4, -0.2) is 19.0 Å². The van der Waals surface area contributed by atoms with Gasteiger partial charge in [0.1, 0.15) is 0 Å². The largest absolute Gasteiger partial charge is 0.371 e. The van der Waals surface area contributed by atoms with Gasteiger partial charge in [-0.05, 0) is 73.6 Å². The third-order valence-electron chi connectivity index (χ3n) is 5.18. The molecule has 3 heteroatoms. The van der Waals surface area contributed by atoms with Crippen molar-refractivity contribution in [2.24, 2.45) is 5.92 Å². The maximum Gasteiger partial charge on any atom is 0.251 e. The number of hydrogen-bond donors (Lipinski definition) is 1. The molecule has 0 saturated carbocycles. The van der Waals surface area contributed by atoms with E-state index in [0.717, 1.165) is 35.7 Å². The van der Waals surface area contributed by atoms with Crippen LogP contribution in [0.25, 0.3) is 0 Å². The lowest BCUT2D eigenvalue weighted by Gasteiger charge is -2.32. The molecule has 1 aliphatic heterocycles. The highest BCUT2D eigenvalue weighted by Crippen LogP contribution is 2.23. The number of amides is 1. The highest BCUT2D eigenvalue weighted by molar-refractivity contribution is 5.94. The highest BCUT2D eigenvalue weighted by Gasteiger charge is 2.16. The van der Waals surface area contributed by atoms with Gasteiger partial charge in [-0.15, -0.1) is 0 Å². The van der Waals surface area contributed by atoms with Crippen molar-refractivity contribution >= 4 is 11.6 Å². The van der Waals surface area contributed by atoms with Gasteiger partial charge in [0.25, 0.3) is 5.91 Å². The van der Waals surface area contributed by atoms with Gasteiger partial charge in [0.05, 0.1) is 0 Å². The van der Waals surface area contributed by atoms with Gasteiger partial charge in [-0.3, -0.25) is 4.79 Å². The van der Waals surface area contributed by atoms with Gasteiger partial charge in [0, 0.05) is 30.9 Å². The van der Waals surface area contributed by atoms with Crippen molar-refractivity contribution in [2.75, 3.05) is 18.0 Å². The Bertz CT molecular complexity index is 736. The van der Waals surface area contributed by atoms with Crippen molar-refractivity contribution in [1.82, 2.24) is 5.32 Å². The van der Waals surface area contributed by atoms with Gasteiger partial charge in [-0.2, -0.15) is 0 Å². The summed E-state index contributed by atoms with van der Waals surface area (Å²) in [6, 6.07) is 14.4. The Morgan fingerprint density at radius 2 is 1.88 bits per heavy atom. The number of aryl methyl sites for hydroxylation is 2. The molecule has 0 bridgehead atoms. The summed E-state index contributed by atoms with van der Waals surface area (Å²) in [4.78, 5) is 14.8. The summed E-state index contributed by atoms with van der Waals surface area (Å²) < 4.78 is 0. The van der Waals surface area contributed by atoms with Gasteiger partial charge in [-0.1, -0.05) is 25.1 Å². The topological polar surface area (TPSA) is 32.3 Å². The van der Waals surface area contributed by atoms with Crippen molar-refractivity contribution in [1.29, 1.82) is 0 Å². The number of piperidine rings is 1. The summed E-state index contributed by atoms with van der Waals surface area (Å²) >= 11 is 0. The Labute approximate surface area is 151 Å². The first-order valence-electron chi connectivity index (χ1n) is 9.22. The zero-order valence-corrected chi connectivity index (χ0v) is 15.5. The number of nitrogens with zero attached hydrogens (tertiary/aromatic N) is 1. The van der Waals surface area contributed by atoms with E-state index in [2.05, 4.69) is 48.3 Å². The van der Waals surface area contributed by atoms with Crippen molar-refractivity contribution in [3.05, 3.63) is 64.7 Å². The predicted octanol–water partition coefficient (Wildman–Crippen LogP) is 4.47. The lowest BCUT2D eigenvalue weighted by Crippen LogP contribution is -2.34. The van der Waals surface area contributed by atoms with Crippen LogP contribution < -0.4 is 10.2 Å². The third-order valence-corrected chi connectivity index (χ3v) is 5.18. The molecule has 1 fully saturated rings. The molecule has 1 N–H and O–H groups in total. The molecule has 25 heavy (non-hydrogen) atoms. The molecule has 132 valence electrons. The minimum Gasteiger partial charge on any atom is -0.371 e. The van der Waals surface area contributed by atoms with Crippen molar-refractivity contribution in [3.8, 4) is 0 Å². The van der Waals surface area contributed by atoms with Crippen LogP contribution in [0.3, 0.4) is 0 Å². The summed E-state index contributed by atoms with van der Waals surface area (Å²) in [5.74, 6) is 0.753. The fraction of sp³-hybridized carbons (Fsp3) is 0.409. The maximum absolute atomic E-state index is 12.3. The Morgan fingerprint density at radius 3 is 2.56 bits per heavy atom. The van der Waals surface area contributed by atoms with Crippen LogP contribution in [0.1, 0.15) is 46.8 Å². The van der Waals surface area contributed by atoms with Crippen LogP contribution in [-0.2, 0) is 6.54 Å². The molecular weight excluding hydrogens is 308 g/mol. The predicted molar refractivity (Wildman–Crippen MR) is 104 cm³/mol. The van der Waals surface area contributed by atoms with E-state index >= 15 is 0 Å². The second kappa shape index (κ2) is 7.73. The van der Waals surface area contributed by atoms with E-state index in [9.17, 15) is 4.79 Å². The molecule has 1 atom stereocenters. The lowest BCUT2D eigenvalue weighted by molar-refractivity contribution is 0.0951. The molecule has 3 rings (SSSR count). The summed E-state index contributed by atoms with van der Waals surface area (Å²) in [6.07, 6.45) is 2.61. The van der Waals surface area contributed by atoms with E-state index in [1.165, 1.54) is 24.1 Å². The van der Waals surface area contributed by atoms with Crippen LogP contribution >= 0.6 is 0 Å². The smallest absolute Gasteiger partial charge is 0.251 e. The van der Waals surface area contributed by atoms with Gasteiger partial charge in [-0.25, -0.2) is 0 Å². The Balaban J connectivity index is 1.58. The number of anilines is 1. The Kier molecular flexibility index (Phi) is 5.42. The SMILES string of the molecule is Cc1ccc(C(=O)NCc2ccc(N3CCC[C@@H](C)C3)cc2)cc1C. The van der Waals surface area contributed by atoms with Gasteiger partial charge in [0.2, 0.25) is 0 Å². The highest BCUT2D eigenvalue weighted by atomic mass is 16.1. The summed E-state index contributed by atoms with van der Waals surface area (Å²) in [5.41, 5.74) is 5.50. The van der Waals surface area contributed by atoms with Gasteiger partial charge in [0.15, 0.2) is 0 Å². The molecule has 2 aromatic carbocycles. The van der Waals surface area contributed by atoms with Gasteiger partial charge < -0.3 is 10.2 Å². The fourth-order valence-electron chi connectivity index (χ4n) is 3.42. The minimum absolute atomic E-state index is 0.0166. The molecule has 1 saturated heterocycles. The molecule has 0 aromatic heterocycles. The molecule has 1 amide bonds. The zero-order chi connectivity index (χ0) is 17.8. The normalized spacial score (nSPS) is 17.4. The third kappa shape index (κ3) is 4.41. The minimum atomic E-state index is -0.0166. The van der Waals surface area contributed by atoms with E-state index in [0.29, 0.717) is 6.54 Å². The van der Waals surface area contributed by atoms with Crippen LogP contribution in [0.5, 0.6) is 0 Å². The number of carbonyl (C=O) groups excluding carboxylic acids is 1. The number of carbonyl (C=O) groups is 1. The molecule has 0 radical (unpaired) electrons. The second-order valence-corrected chi connectivity index (χ2v) is 7.34. The number of benzene rings is 2. The van der Waals surface area contributed by atoms with Crippen LogP contribution in [0.15, 0.2) is 42.5 Å². The number of hydrogen-bond acceptors (Lipinski definition) is 2. The van der Waals surface area contributed by atoms with Crippen molar-refractivity contribution in [3.63, 3.8) is 0 Å². The van der Waals surface area contributed by atoms with Crippen molar-refractivity contribution < 1.29 is 4.79 Å².